The average molecular weight is 315 g/mol. The van der Waals surface area contributed by atoms with Crippen LogP contribution in [-0.4, -0.2) is 51.3 Å². The molecule has 0 spiro atoms. The number of nitrogens with zero attached hydrogens (tertiary/aromatic N) is 6. The van der Waals surface area contributed by atoms with Gasteiger partial charge in [0.2, 0.25) is 0 Å². The molecule has 0 radical (unpaired) electrons. The summed E-state index contributed by atoms with van der Waals surface area (Å²) in [5.41, 5.74) is 2.31. The van der Waals surface area contributed by atoms with Crippen molar-refractivity contribution in [2.24, 2.45) is 7.05 Å². The molecule has 23 heavy (non-hydrogen) atoms. The lowest BCUT2D eigenvalue weighted by Gasteiger charge is -2.21. The molecule has 122 valence electrons. The van der Waals surface area contributed by atoms with E-state index in [-0.39, 0.29) is 6.03 Å². The molecule has 1 aliphatic rings. The summed E-state index contributed by atoms with van der Waals surface area (Å²) in [6.45, 7) is 1.28. The lowest BCUT2D eigenvalue weighted by atomic mass is 10.2. The van der Waals surface area contributed by atoms with E-state index in [2.05, 4.69) is 20.4 Å². The van der Waals surface area contributed by atoms with Gasteiger partial charge in [0.15, 0.2) is 0 Å². The molecule has 0 fully saturated rings. The summed E-state index contributed by atoms with van der Waals surface area (Å²) in [6.07, 6.45) is 5.16. The molecule has 2 aromatic heterocycles. The minimum Gasteiger partial charge on any atom is -0.363 e. The first-order valence-electron chi connectivity index (χ1n) is 7.59. The molecule has 8 heteroatoms. The van der Waals surface area contributed by atoms with E-state index in [4.69, 9.17) is 0 Å². The first-order valence-corrected chi connectivity index (χ1v) is 7.59. The molecule has 0 saturated heterocycles. The number of nitrogens with one attached hydrogen (secondary N) is 1. The number of fused-ring (bicyclic) bond motifs is 1. The van der Waals surface area contributed by atoms with Gasteiger partial charge in [-0.05, 0) is 12.8 Å². The zero-order valence-corrected chi connectivity index (χ0v) is 13.7. The molecule has 0 saturated carbocycles. The molecule has 0 atom stereocenters. The van der Waals surface area contributed by atoms with E-state index in [1.165, 1.54) is 12.0 Å². The van der Waals surface area contributed by atoms with Crippen molar-refractivity contribution >= 4 is 17.7 Å². The van der Waals surface area contributed by atoms with Crippen molar-refractivity contribution in [1.29, 1.82) is 0 Å². The van der Waals surface area contributed by atoms with Gasteiger partial charge in [0.25, 0.3) is 0 Å². The summed E-state index contributed by atoms with van der Waals surface area (Å²) >= 11 is 0. The molecule has 2 aromatic rings. The summed E-state index contributed by atoms with van der Waals surface area (Å²) in [6, 6.07) is 1.61. The van der Waals surface area contributed by atoms with E-state index in [1.807, 2.05) is 36.9 Å². The van der Waals surface area contributed by atoms with Crippen molar-refractivity contribution in [2.75, 3.05) is 30.9 Å². The number of aromatic nitrogens is 4. The van der Waals surface area contributed by atoms with E-state index < -0.39 is 0 Å². The van der Waals surface area contributed by atoms with Gasteiger partial charge < -0.3 is 9.80 Å². The first kappa shape index (κ1) is 15.3. The molecule has 3 heterocycles. The standard InChI is InChI=1S/C15H21N7O/c1-20(2)14-7-13(16-10-17-14)19-15(23)22-6-4-5-12-11(9-22)8-18-21(12)3/h7-8,10H,4-6,9H2,1-3H3,(H,16,17,19,23). The summed E-state index contributed by atoms with van der Waals surface area (Å²) < 4.78 is 1.89. The predicted molar refractivity (Wildman–Crippen MR) is 87.3 cm³/mol. The predicted octanol–water partition coefficient (Wildman–Crippen LogP) is 1.26. The van der Waals surface area contributed by atoms with Crippen molar-refractivity contribution in [3.63, 3.8) is 0 Å². The topological polar surface area (TPSA) is 79.2 Å². The maximum Gasteiger partial charge on any atom is 0.323 e. The van der Waals surface area contributed by atoms with E-state index in [1.54, 1.807) is 11.0 Å². The highest BCUT2D eigenvalue weighted by Gasteiger charge is 2.21. The van der Waals surface area contributed by atoms with E-state index in [9.17, 15) is 4.79 Å². The van der Waals surface area contributed by atoms with Crippen LogP contribution < -0.4 is 10.2 Å². The van der Waals surface area contributed by atoms with Crippen molar-refractivity contribution < 1.29 is 4.79 Å². The normalized spacial score (nSPS) is 14.1. The Bertz CT molecular complexity index is 710. The number of hydrogen-bond donors (Lipinski definition) is 1. The molecular weight excluding hydrogens is 294 g/mol. The number of carbonyl (C=O) groups excluding carboxylic acids is 1. The highest BCUT2D eigenvalue weighted by atomic mass is 16.2. The second kappa shape index (κ2) is 6.23. The quantitative estimate of drug-likeness (QED) is 0.902. The largest absolute Gasteiger partial charge is 0.363 e. The van der Waals surface area contributed by atoms with Crippen LogP contribution in [-0.2, 0) is 20.0 Å². The maximum absolute atomic E-state index is 12.5. The Balaban J connectivity index is 1.72. The van der Waals surface area contributed by atoms with Crippen LogP contribution in [0.4, 0.5) is 16.4 Å². The third kappa shape index (κ3) is 3.25. The lowest BCUT2D eigenvalue weighted by Crippen LogP contribution is -2.34. The van der Waals surface area contributed by atoms with Gasteiger partial charge in [-0.3, -0.25) is 10.00 Å². The fraction of sp³-hybridized carbons (Fsp3) is 0.467. The van der Waals surface area contributed by atoms with E-state index in [0.29, 0.717) is 18.9 Å². The van der Waals surface area contributed by atoms with Crippen molar-refractivity contribution in [1.82, 2.24) is 24.6 Å². The van der Waals surface area contributed by atoms with Gasteiger partial charge in [-0.25, -0.2) is 14.8 Å². The Kier molecular flexibility index (Phi) is 4.14. The molecule has 0 aromatic carbocycles. The van der Waals surface area contributed by atoms with Gasteiger partial charge >= 0.3 is 6.03 Å². The zero-order valence-electron chi connectivity index (χ0n) is 13.7. The van der Waals surface area contributed by atoms with Gasteiger partial charge in [0.1, 0.15) is 18.0 Å². The molecular formula is C15H21N7O. The van der Waals surface area contributed by atoms with Crippen LogP contribution in [0.1, 0.15) is 17.7 Å². The number of amides is 2. The van der Waals surface area contributed by atoms with Gasteiger partial charge in [-0.1, -0.05) is 0 Å². The van der Waals surface area contributed by atoms with Crippen molar-refractivity contribution in [2.45, 2.75) is 19.4 Å². The van der Waals surface area contributed by atoms with E-state index >= 15 is 0 Å². The van der Waals surface area contributed by atoms with Crippen LogP contribution in [0.15, 0.2) is 18.6 Å². The molecule has 3 rings (SSSR count). The van der Waals surface area contributed by atoms with Gasteiger partial charge in [-0.15, -0.1) is 0 Å². The number of urea groups is 1. The second-order valence-electron chi connectivity index (χ2n) is 5.85. The Hall–Kier alpha value is -2.64. The van der Waals surface area contributed by atoms with Gasteiger partial charge in [-0.2, -0.15) is 5.10 Å². The van der Waals surface area contributed by atoms with Crippen LogP contribution in [0.5, 0.6) is 0 Å². The number of rotatable bonds is 2. The Morgan fingerprint density at radius 2 is 2.17 bits per heavy atom. The SMILES string of the molecule is CN(C)c1cc(NC(=O)N2CCCc3c(cnn3C)C2)ncn1. The number of carbonyl (C=O) groups is 1. The van der Waals surface area contributed by atoms with Crippen LogP contribution in [0, 0.1) is 0 Å². The summed E-state index contributed by atoms with van der Waals surface area (Å²) in [5.74, 6) is 1.25. The number of aryl methyl sites for hydroxylation is 1. The van der Waals surface area contributed by atoms with Crippen LogP contribution >= 0.6 is 0 Å². The van der Waals surface area contributed by atoms with Crippen molar-refractivity contribution in [3.05, 3.63) is 29.8 Å². The monoisotopic (exact) mass is 315 g/mol. The van der Waals surface area contributed by atoms with Crippen molar-refractivity contribution in [3.8, 4) is 0 Å². The molecule has 8 nitrogen and oxygen atoms in total. The summed E-state index contributed by atoms with van der Waals surface area (Å²) in [5, 5.41) is 7.14. The highest BCUT2D eigenvalue weighted by molar-refractivity contribution is 5.88. The molecule has 0 aliphatic carbocycles. The molecule has 1 N–H and O–H groups in total. The lowest BCUT2D eigenvalue weighted by molar-refractivity contribution is 0.210. The number of hydrogen-bond acceptors (Lipinski definition) is 5. The molecule has 0 unspecified atom stereocenters. The highest BCUT2D eigenvalue weighted by Crippen LogP contribution is 2.19. The number of anilines is 2. The maximum atomic E-state index is 12.5. The Morgan fingerprint density at radius 3 is 2.96 bits per heavy atom. The molecule has 2 amide bonds. The van der Waals surface area contributed by atoms with Crippen LogP contribution in [0.25, 0.3) is 0 Å². The summed E-state index contributed by atoms with van der Waals surface area (Å²) in [7, 11) is 5.73. The Labute approximate surface area is 135 Å². The Morgan fingerprint density at radius 1 is 1.35 bits per heavy atom. The minimum atomic E-state index is -0.148. The third-order valence-electron chi connectivity index (χ3n) is 3.98. The second-order valence-corrected chi connectivity index (χ2v) is 5.85. The third-order valence-corrected chi connectivity index (χ3v) is 3.98. The molecule has 1 aliphatic heterocycles. The summed E-state index contributed by atoms with van der Waals surface area (Å²) in [4.78, 5) is 24.5. The fourth-order valence-corrected chi connectivity index (χ4v) is 2.71. The zero-order chi connectivity index (χ0) is 16.4. The van der Waals surface area contributed by atoms with Crippen LogP contribution in [0.3, 0.4) is 0 Å². The van der Waals surface area contributed by atoms with E-state index in [0.717, 1.165) is 24.2 Å². The van der Waals surface area contributed by atoms with Gasteiger partial charge in [0.05, 0.1) is 12.7 Å². The first-order chi connectivity index (χ1) is 11.0. The molecule has 0 bridgehead atoms. The van der Waals surface area contributed by atoms with Crippen LogP contribution in [0.2, 0.25) is 0 Å². The fourth-order valence-electron chi connectivity index (χ4n) is 2.71. The van der Waals surface area contributed by atoms with Gasteiger partial charge in [0, 0.05) is 45.0 Å². The minimum absolute atomic E-state index is 0.148. The smallest absolute Gasteiger partial charge is 0.323 e. The average Bonchev–Trinajstić information content (AvgIpc) is 2.74.